The third-order valence-electron chi connectivity index (χ3n) is 9.73. The van der Waals surface area contributed by atoms with E-state index in [1.165, 1.54) is 32.6 Å². The molecule has 0 bridgehead atoms. The van der Waals surface area contributed by atoms with Crippen molar-refractivity contribution in [1.29, 1.82) is 0 Å². The van der Waals surface area contributed by atoms with Crippen LogP contribution in [-0.4, -0.2) is 18.0 Å². The van der Waals surface area contributed by atoms with Gasteiger partial charge in [0.1, 0.15) is 17.2 Å². The predicted octanol–water partition coefficient (Wildman–Crippen LogP) is 13.6. The van der Waals surface area contributed by atoms with Crippen LogP contribution in [0.5, 0.6) is 17.2 Å². The molecule has 0 saturated carbocycles. The van der Waals surface area contributed by atoms with Crippen LogP contribution < -0.4 is 14.2 Å². The number of fused-ring (bicyclic) bond motifs is 2. The Morgan fingerprint density at radius 2 is 1.09 bits per heavy atom. The van der Waals surface area contributed by atoms with Gasteiger partial charge in [-0.15, -0.1) is 0 Å². The van der Waals surface area contributed by atoms with Gasteiger partial charge in [0.2, 0.25) is 0 Å². The Balaban J connectivity index is 1.06. The molecular weight excluding hydrogens is 697 g/mol. The smallest absolute Gasteiger partial charge is 0.343 e. The molecule has 0 unspecified atom stereocenters. The lowest BCUT2D eigenvalue weighted by Gasteiger charge is -2.18. The largest absolute Gasteiger partial charge is 0.491 e. The maximum atomic E-state index is 13.7. The fourth-order valence-corrected chi connectivity index (χ4v) is 6.88. The van der Waals surface area contributed by atoms with Crippen LogP contribution in [0.15, 0.2) is 156 Å². The van der Waals surface area contributed by atoms with E-state index < -0.39 is 11.9 Å². The molecule has 7 heteroatoms. The molecule has 7 rings (SSSR count). The number of ether oxygens (including phenoxy) is 3. The Hall–Kier alpha value is -6.60. The van der Waals surface area contributed by atoms with Crippen molar-refractivity contribution >= 4 is 44.9 Å². The normalized spacial score (nSPS) is 11.8. The van der Waals surface area contributed by atoms with Crippen LogP contribution in [0.25, 0.3) is 43.8 Å². The highest BCUT2D eigenvalue weighted by Gasteiger charge is 2.22. The second-order valence-corrected chi connectivity index (χ2v) is 13.9. The Bertz CT molecular complexity index is 2490. The number of benzene rings is 7. The summed E-state index contributed by atoms with van der Waals surface area (Å²) < 4.78 is 18.0. The van der Waals surface area contributed by atoms with Gasteiger partial charge in [-0.25, -0.2) is 4.79 Å². The summed E-state index contributed by atoms with van der Waals surface area (Å²) in [4.78, 5) is 25.9. The summed E-state index contributed by atoms with van der Waals surface area (Å²) in [7, 11) is 0. The van der Waals surface area contributed by atoms with Crippen molar-refractivity contribution < 1.29 is 23.8 Å². The summed E-state index contributed by atoms with van der Waals surface area (Å²) >= 11 is 0. The van der Waals surface area contributed by atoms with Crippen molar-refractivity contribution in [1.82, 2.24) is 0 Å². The lowest BCUT2D eigenvalue weighted by atomic mass is 9.92. The number of azo groups is 1. The molecule has 7 nitrogen and oxygen atoms in total. The van der Waals surface area contributed by atoms with E-state index in [2.05, 4.69) is 24.1 Å². The summed E-state index contributed by atoms with van der Waals surface area (Å²) in [6.45, 7) is 5.71. The first-order valence-corrected chi connectivity index (χ1v) is 19.2. The van der Waals surface area contributed by atoms with E-state index in [1.807, 2.05) is 121 Å². The van der Waals surface area contributed by atoms with Gasteiger partial charge in [0.25, 0.3) is 0 Å². The number of hydrogen-bond donors (Lipinski definition) is 0. The van der Waals surface area contributed by atoms with Gasteiger partial charge >= 0.3 is 11.9 Å². The number of carbonyl (C=O) groups excluding carboxylic acids is 2. The van der Waals surface area contributed by atoms with Crippen LogP contribution in [0.4, 0.5) is 11.4 Å². The standard InChI is InChI=1S/C49H44N2O5/c1-4-5-6-7-12-33(2)54-42-29-27-41(28-30-42)51-50-40-25-21-36(22-26-40)35-17-19-39(20-18-35)49(53)56-46-32-24-38-14-9-11-16-44(38)48(46)47-43-15-10-8-13-37(43)23-31-45(47)55-34(3)52/h8-11,13-33H,4-7,12H2,1-3H3/t33-/m0/s1. The number of esters is 2. The summed E-state index contributed by atoms with van der Waals surface area (Å²) in [5.74, 6) is 0.641. The van der Waals surface area contributed by atoms with E-state index >= 15 is 0 Å². The molecule has 0 fully saturated rings. The molecule has 0 spiro atoms. The van der Waals surface area contributed by atoms with Crippen LogP contribution in [0, 0.1) is 0 Å². The third-order valence-corrected chi connectivity index (χ3v) is 9.73. The zero-order chi connectivity index (χ0) is 38.9. The van der Waals surface area contributed by atoms with Gasteiger partial charge < -0.3 is 14.2 Å². The van der Waals surface area contributed by atoms with E-state index in [4.69, 9.17) is 14.2 Å². The van der Waals surface area contributed by atoms with Crippen LogP contribution in [0.2, 0.25) is 0 Å². The quantitative estimate of drug-likeness (QED) is 0.0479. The van der Waals surface area contributed by atoms with Crippen molar-refractivity contribution in [3.05, 3.63) is 151 Å². The lowest BCUT2D eigenvalue weighted by molar-refractivity contribution is -0.131. The Morgan fingerprint density at radius 3 is 1.64 bits per heavy atom. The zero-order valence-corrected chi connectivity index (χ0v) is 31.9. The Morgan fingerprint density at radius 1 is 0.571 bits per heavy atom. The molecule has 0 aromatic heterocycles. The van der Waals surface area contributed by atoms with Crippen LogP contribution in [-0.2, 0) is 4.79 Å². The maximum Gasteiger partial charge on any atom is 0.343 e. The topological polar surface area (TPSA) is 86.6 Å². The highest BCUT2D eigenvalue weighted by atomic mass is 16.5. The molecule has 0 aliphatic carbocycles. The summed E-state index contributed by atoms with van der Waals surface area (Å²) in [5.41, 5.74) is 5.13. The van der Waals surface area contributed by atoms with Gasteiger partial charge in [-0.05, 0) is 113 Å². The number of nitrogens with zero attached hydrogens (tertiary/aromatic N) is 2. The molecule has 0 radical (unpaired) electrons. The first-order chi connectivity index (χ1) is 27.4. The van der Waals surface area contributed by atoms with E-state index in [0.29, 0.717) is 28.2 Å². The monoisotopic (exact) mass is 740 g/mol. The minimum absolute atomic E-state index is 0.178. The van der Waals surface area contributed by atoms with Crippen molar-refractivity contribution in [2.24, 2.45) is 10.2 Å². The molecule has 7 aromatic rings. The molecule has 56 heavy (non-hydrogen) atoms. The van der Waals surface area contributed by atoms with E-state index in [-0.39, 0.29) is 6.10 Å². The highest BCUT2D eigenvalue weighted by molar-refractivity contribution is 6.11. The van der Waals surface area contributed by atoms with Gasteiger partial charge in [-0.1, -0.05) is 111 Å². The number of rotatable bonds is 14. The Kier molecular flexibility index (Phi) is 11.9. The summed E-state index contributed by atoms with van der Waals surface area (Å²) in [6, 6.07) is 46.0. The van der Waals surface area contributed by atoms with Crippen LogP contribution in [0.1, 0.15) is 63.2 Å². The molecule has 0 heterocycles. The molecule has 280 valence electrons. The first-order valence-electron chi connectivity index (χ1n) is 19.2. The second kappa shape index (κ2) is 17.7. The van der Waals surface area contributed by atoms with Crippen LogP contribution >= 0.6 is 0 Å². The summed E-state index contributed by atoms with van der Waals surface area (Å²) in [6.07, 6.45) is 6.17. The Labute approximate surface area is 327 Å². The van der Waals surface area contributed by atoms with Gasteiger partial charge in [0.15, 0.2) is 0 Å². The van der Waals surface area contributed by atoms with Gasteiger partial charge in [0, 0.05) is 18.1 Å². The fourth-order valence-electron chi connectivity index (χ4n) is 6.88. The van der Waals surface area contributed by atoms with Gasteiger partial charge in [-0.3, -0.25) is 4.79 Å². The molecule has 1 atom stereocenters. The number of hydrogen-bond acceptors (Lipinski definition) is 7. The SMILES string of the molecule is CCCCCC[C@H](C)Oc1ccc(N=Nc2ccc(-c3ccc(C(=O)Oc4ccc5ccccc5c4-c4c(OC(C)=O)ccc5ccccc45)cc3)cc2)cc1. The molecule has 0 N–H and O–H groups in total. The lowest BCUT2D eigenvalue weighted by Crippen LogP contribution is -2.11. The van der Waals surface area contributed by atoms with Crippen molar-refractivity contribution in [3.8, 4) is 39.5 Å². The number of carbonyl (C=O) groups is 2. The zero-order valence-electron chi connectivity index (χ0n) is 31.9. The molecular formula is C49H44N2O5. The van der Waals surface area contributed by atoms with Crippen molar-refractivity contribution in [2.45, 2.75) is 59.0 Å². The predicted molar refractivity (Wildman–Crippen MR) is 225 cm³/mol. The minimum Gasteiger partial charge on any atom is -0.491 e. The summed E-state index contributed by atoms with van der Waals surface area (Å²) in [5, 5.41) is 12.5. The van der Waals surface area contributed by atoms with E-state index in [0.717, 1.165) is 56.2 Å². The minimum atomic E-state index is -0.505. The number of unbranched alkanes of at least 4 members (excludes halogenated alkanes) is 3. The average molecular weight is 741 g/mol. The first kappa shape index (κ1) is 37.7. The van der Waals surface area contributed by atoms with Crippen LogP contribution in [0.3, 0.4) is 0 Å². The van der Waals surface area contributed by atoms with Gasteiger partial charge in [-0.2, -0.15) is 10.2 Å². The molecule has 0 aliphatic rings. The average Bonchev–Trinajstić information content (AvgIpc) is 3.22. The van der Waals surface area contributed by atoms with E-state index in [1.54, 1.807) is 24.3 Å². The molecule has 7 aromatic carbocycles. The second-order valence-electron chi connectivity index (χ2n) is 13.9. The maximum absolute atomic E-state index is 13.7. The van der Waals surface area contributed by atoms with E-state index in [9.17, 15) is 9.59 Å². The fraction of sp³-hybridized carbons (Fsp3) is 0.184. The molecule has 0 aliphatic heterocycles. The molecule has 0 amide bonds. The van der Waals surface area contributed by atoms with Crippen molar-refractivity contribution in [3.63, 3.8) is 0 Å². The highest BCUT2D eigenvalue weighted by Crippen LogP contribution is 2.46. The third kappa shape index (κ3) is 9.01. The molecule has 0 saturated heterocycles. The van der Waals surface area contributed by atoms with Gasteiger partial charge in [0.05, 0.1) is 23.0 Å². The van der Waals surface area contributed by atoms with Crippen molar-refractivity contribution in [2.75, 3.05) is 0 Å².